The van der Waals surface area contributed by atoms with Crippen LogP contribution in [0.4, 0.5) is 0 Å². The van der Waals surface area contributed by atoms with Crippen LogP contribution in [0.1, 0.15) is 0 Å². The maximum atomic E-state index is 5.81. The molecule has 3 nitrogen and oxygen atoms in total. The van der Waals surface area contributed by atoms with E-state index in [9.17, 15) is 0 Å². The number of fused-ring (bicyclic) bond motifs is 1. The SMILES string of the molecule is Clc1ccc(Sc2ncnc3ccccc23)nc1. The number of benzene rings is 1. The zero-order valence-electron chi connectivity index (χ0n) is 9.25. The maximum Gasteiger partial charge on any atom is 0.117 e. The van der Waals surface area contributed by atoms with Gasteiger partial charge in [0.2, 0.25) is 0 Å². The van der Waals surface area contributed by atoms with E-state index in [1.807, 2.05) is 36.4 Å². The average molecular weight is 274 g/mol. The predicted molar refractivity (Wildman–Crippen MR) is 72.9 cm³/mol. The van der Waals surface area contributed by atoms with Crippen LogP contribution in [0.5, 0.6) is 0 Å². The Kier molecular flexibility index (Phi) is 3.13. The molecule has 3 aromatic rings. The van der Waals surface area contributed by atoms with Crippen molar-refractivity contribution in [3.63, 3.8) is 0 Å². The second-order valence-electron chi connectivity index (χ2n) is 3.61. The van der Waals surface area contributed by atoms with Crippen LogP contribution >= 0.6 is 23.4 Å². The lowest BCUT2D eigenvalue weighted by atomic mass is 10.2. The van der Waals surface area contributed by atoms with E-state index in [1.54, 1.807) is 12.5 Å². The monoisotopic (exact) mass is 273 g/mol. The Morgan fingerprint density at radius 2 is 1.83 bits per heavy atom. The Bertz CT molecular complexity index is 680. The first-order chi connectivity index (χ1) is 8.83. The number of pyridine rings is 1. The van der Waals surface area contributed by atoms with Crippen molar-refractivity contribution in [1.82, 2.24) is 15.0 Å². The summed E-state index contributed by atoms with van der Waals surface area (Å²) < 4.78 is 0. The Labute approximate surface area is 113 Å². The van der Waals surface area contributed by atoms with E-state index in [4.69, 9.17) is 11.6 Å². The fourth-order valence-electron chi connectivity index (χ4n) is 1.58. The number of para-hydroxylation sites is 1. The molecule has 0 aliphatic heterocycles. The standard InChI is InChI=1S/C13H8ClN3S/c14-9-5-6-12(15-7-9)18-13-10-3-1-2-4-11(10)16-8-17-13/h1-8H. The van der Waals surface area contributed by atoms with Gasteiger partial charge in [0.1, 0.15) is 16.4 Å². The van der Waals surface area contributed by atoms with Crippen molar-refractivity contribution in [2.24, 2.45) is 0 Å². The number of aromatic nitrogens is 3. The summed E-state index contributed by atoms with van der Waals surface area (Å²) in [5.41, 5.74) is 0.934. The Balaban J connectivity index is 2.02. The third kappa shape index (κ3) is 2.30. The van der Waals surface area contributed by atoms with Gasteiger partial charge in [0.15, 0.2) is 0 Å². The minimum Gasteiger partial charge on any atom is -0.248 e. The quantitative estimate of drug-likeness (QED) is 0.665. The molecule has 0 atom stereocenters. The number of hydrogen-bond donors (Lipinski definition) is 0. The van der Waals surface area contributed by atoms with E-state index >= 15 is 0 Å². The Morgan fingerprint density at radius 3 is 2.67 bits per heavy atom. The number of rotatable bonds is 2. The largest absolute Gasteiger partial charge is 0.248 e. The van der Waals surface area contributed by atoms with Crippen LogP contribution < -0.4 is 0 Å². The van der Waals surface area contributed by atoms with Gasteiger partial charge in [0.25, 0.3) is 0 Å². The van der Waals surface area contributed by atoms with Crippen LogP contribution in [-0.2, 0) is 0 Å². The van der Waals surface area contributed by atoms with E-state index in [0.717, 1.165) is 21.0 Å². The highest BCUT2D eigenvalue weighted by Crippen LogP contribution is 2.29. The predicted octanol–water partition coefficient (Wildman–Crippen LogP) is 3.83. The molecule has 2 aromatic heterocycles. The Morgan fingerprint density at radius 1 is 0.944 bits per heavy atom. The molecule has 0 unspecified atom stereocenters. The average Bonchev–Trinajstić information content (AvgIpc) is 2.42. The zero-order chi connectivity index (χ0) is 12.4. The molecular weight excluding hydrogens is 266 g/mol. The van der Waals surface area contributed by atoms with Gasteiger partial charge in [-0.2, -0.15) is 0 Å². The molecule has 0 saturated carbocycles. The topological polar surface area (TPSA) is 38.7 Å². The second-order valence-corrected chi connectivity index (χ2v) is 5.06. The highest BCUT2D eigenvalue weighted by atomic mass is 35.5. The minimum atomic E-state index is 0.631. The van der Waals surface area contributed by atoms with Gasteiger partial charge in [-0.25, -0.2) is 15.0 Å². The fourth-order valence-corrected chi connectivity index (χ4v) is 2.52. The summed E-state index contributed by atoms with van der Waals surface area (Å²) >= 11 is 7.32. The smallest absolute Gasteiger partial charge is 0.117 e. The van der Waals surface area contributed by atoms with E-state index in [-0.39, 0.29) is 0 Å². The van der Waals surface area contributed by atoms with Crippen molar-refractivity contribution < 1.29 is 0 Å². The Hall–Kier alpha value is -1.65. The molecule has 18 heavy (non-hydrogen) atoms. The van der Waals surface area contributed by atoms with Gasteiger partial charge in [-0.1, -0.05) is 29.8 Å². The number of hydrogen-bond acceptors (Lipinski definition) is 4. The van der Waals surface area contributed by atoms with Gasteiger partial charge in [0.05, 0.1) is 10.5 Å². The van der Waals surface area contributed by atoms with E-state index in [0.29, 0.717) is 5.02 Å². The third-order valence-corrected chi connectivity index (χ3v) is 3.60. The second kappa shape index (κ2) is 4.92. The van der Waals surface area contributed by atoms with E-state index in [2.05, 4.69) is 15.0 Å². The first-order valence-electron chi connectivity index (χ1n) is 5.32. The lowest BCUT2D eigenvalue weighted by Crippen LogP contribution is -1.87. The molecule has 0 radical (unpaired) electrons. The maximum absolute atomic E-state index is 5.81. The number of nitrogens with zero attached hydrogens (tertiary/aromatic N) is 3. The summed E-state index contributed by atoms with van der Waals surface area (Å²) in [5, 5.41) is 3.42. The highest BCUT2D eigenvalue weighted by molar-refractivity contribution is 7.99. The van der Waals surface area contributed by atoms with Gasteiger partial charge >= 0.3 is 0 Å². The van der Waals surface area contributed by atoms with Crippen LogP contribution in [-0.4, -0.2) is 15.0 Å². The van der Waals surface area contributed by atoms with Gasteiger partial charge in [-0.05, 0) is 30.0 Å². The van der Waals surface area contributed by atoms with Crippen molar-refractivity contribution in [2.45, 2.75) is 10.1 Å². The molecule has 5 heteroatoms. The molecule has 0 aliphatic rings. The van der Waals surface area contributed by atoms with Crippen LogP contribution in [0.3, 0.4) is 0 Å². The van der Waals surface area contributed by atoms with Crippen LogP contribution in [0, 0.1) is 0 Å². The summed E-state index contributed by atoms with van der Waals surface area (Å²) in [6.45, 7) is 0. The summed E-state index contributed by atoms with van der Waals surface area (Å²) in [4.78, 5) is 12.8. The molecule has 2 heterocycles. The molecule has 0 fully saturated rings. The molecule has 0 spiro atoms. The molecule has 88 valence electrons. The van der Waals surface area contributed by atoms with Crippen LogP contribution in [0.25, 0.3) is 10.9 Å². The van der Waals surface area contributed by atoms with Crippen LogP contribution in [0.15, 0.2) is 59.0 Å². The molecule has 0 N–H and O–H groups in total. The van der Waals surface area contributed by atoms with Crippen molar-refractivity contribution >= 4 is 34.3 Å². The summed E-state index contributed by atoms with van der Waals surface area (Å²) in [6, 6.07) is 11.6. The summed E-state index contributed by atoms with van der Waals surface area (Å²) in [5.74, 6) is 0. The van der Waals surface area contributed by atoms with Gasteiger partial charge in [-0.15, -0.1) is 0 Å². The molecule has 1 aromatic carbocycles. The normalized spacial score (nSPS) is 10.7. The molecule has 0 bridgehead atoms. The van der Waals surface area contributed by atoms with Gasteiger partial charge < -0.3 is 0 Å². The molecular formula is C13H8ClN3S. The first kappa shape index (κ1) is 11.4. The van der Waals surface area contributed by atoms with E-state index in [1.165, 1.54) is 11.8 Å². The zero-order valence-corrected chi connectivity index (χ0v) is 10.8. The van der Waals surface area contributed by atoms with E-state index < -0.39 is 0 Å². The van der Waals surface area contributed by atoms with Crippen molar-refractivity contribution in [1.29, 1.82) is 0 Å². The minimum absolute atomic E-state index is 0.631. The lowest BCUT2D eigenvalue weighted by molar-refractivity contribution is 1.08. The molecule has 3 rings (SSSR count). The lowest BCUT2D eigenvalue weighted by Gasteiger charge is -2.03. The summed E-state index contributed by atoms with van der Waals surface area (Å²) in [7, 11) is 0. The van der Waals surface area contributed by atoms with Crippen molar-refractivity contribution in [3.8, 4) is 0 Å². The highest BCUT2D eigenvalue weighted by Gasteiger charge is 2.05. The third-order valence-electron chi connectivity index (χ3n) is 2.41. The molecule has 0 saturated heterocycles. The molecule has 0 amide bonds. The number of halogens is 1. The van der Waals surface area contributed by atoms with Crippen LogP contribution in [0.2, 0.25) is 5.02 Å². The van der Waals surface area contributed by atoms with Crippen molar-refractivity contribution in [3.05, 3.63) is 53.9 Å². The molecule has 0 aliphatic carbocycles. The first-order valence-corrected chi connectivity index (χ1v) is 6.51. The van der Waals surface area contributed by atoms with Gasteiger partial charge in [0, 0.05) is 11.6 Å². The summed E-state index contributed by atoms with van der Waals surface area (Å²) in [6.07, 6.45) is 3.20. The van der Waals surface area contributed by atoms with Crippen molar-refractivity contribution in [2.75, 3.05) is 0 Å². The van der Waals surface area contributed by atoms with Gasteiger partial charge in [-0.3, -0.25) is 0 Å². The fraction of sp³-hybridized carbons (Fsp3) is 0.